The molecule has 1 aliphatic heterocycles. The van der Waals surface area contributed by atoms with E-state index in [1.807, 2.05) is 19.9 Å². The monoisotopic (exact) mass is 718 g/mol. The first kappa shape index (κ1) is 37.6. The summed E-state index contributed by atoms with van der Waals surface area (Å²) in [4.78, 5) is 68.5. The van der Waals surface area contributed by atoms with Gasteiger partial charge in [0.15, 0.2) is 0 Å². The first-order chi connectivity index (χ1) is 24.3. The standard InChI is InChI=1S/C37H46N6O7S/c1-6-12-36(2,3)49-20-13-37(4,5)50-27-22-40-30(33-41-26(23-51-33)32(46)38-14-19-44)29-28(27)25(21-39-29)31(45)35(48)43-17-15-42(16-18-43)34(47)24-10-8-7-9-11-24/h7-11,21-23,39,44H,6,12-20H2,1-5H3,(H,38,46). The number of Topliss-reactive ketones (excluding diaryl/α,β-unsaturated/α-hetero) is 1. The smallest absolute Gasteiger partial charge is 0.295 e. The number of aliphatic hydroxyl groups excluding tert-OH is 1. The fraction of sp³-hybridized carbons (Fsp3) is 0.459. The van der Waals surface area contributed by atoms with Gasteiger partial charge in [-0.1, -0.05) is 31.5 Å². The number of rotatable bonds is 15. The minimum absolute atomic E-state index is 0.0890. The highest BCUT2D eigenvalue weighted by Crippen LogP contribution is 2.38. The molecule has 0 radical (unpaired) electrons. The van der Waals surface area contributed by atoms with Gasteiger partial charge >= 0.3 is 0 Å². The van der Waals surface area contributed by atoms with Crippen molar-refractivity contribution in [2.75, 3.05) is 45.9 Å². The Labute approximate surface area is 301 Å². The number of nitrogens with one attached hydrogen (secondary N) is 2. The minimum Gasteiger partial charge on any atom is -0.485 e. The van der Waals surface area contributed by atoms with Crippen LogP contribution in [0.2, 0.25) is 0 Å². The molecule has 1 aliphatic rings. The summed E-state index contributed by atoms with van der Waals surface area (Å²) in [6.45, 7) is 11.5. The molecule has 3 aromatic heterocycles. The average molecular weight is 719 g/mol. The molecule has 0 unspecified atom stereocenters. The van der Waals surface area contributed by atoms with Crippen molar-refractivity contribution < 1.29 is 33.8 Å². The minimum atomic E-state index is -0.735. The maximum atomic E-state index is 14.0. The molecule has 0 bridgehead atoms. The van der Waals surface area contributed by atoms with E-state index in [0.29, 0.717) is 59.0 Å². The van der Waals surface area contributed by atoms with Gasteiger partial charge in [-0.15, -0.1) is 11.3 Å². The van der Waals surface area contributed by atoms with Gasteiger partial charge in [0, 0.05) is 56.3 Å². The molecule has 4 heterocycles. The van der Waals surface area contributed by atoms with Crippen LogP contribution in [-0.2, 0) is 9.53 Å². The molecular formula is C37H46N6O7S. The van der Waals surface area contributed by atoms with E-state index >= 15 is 0 Å². The highest BCUT2D eigenvalue weighted by Gasteiger charge is 2.33. The van der Waals surface area contributed by atoms with E-state index in [2.05, 4.69) is 41.0 Å². The van der Waals surface area contributed by atoms with Gasteiger partial charge in [-0.05, 0) is 46.2 Å². The number of ether oxygens (including phenoxy) is 2. The van der Waals surface area contributed by atoms with Crippen LogP contribution in [0.15, 0.2) is 48.1 Å². The maximum absolute atomic E-state index is 14.0. The number of amides is 3. The number of benzene rings is 1. The quantitative estimate of drug-likeness (QED) is 0.116. The lowest BCUT2D eigenvalue weighted by molar-refractivity contribution is -0.127. The molecule has 1 fully saturated rings. The fourth-order valence-electron chi connectivity index (χ4n) is 6.01. The SMILES string of the molecule is CCCC(C)(C)OCCC(C)(C)Oc1cnc(-c2nc(C(=O)NCCO)cs2)c2[nH]cc(C(=O)C(=O)N3CCN(C(=O)c4ccccc4)CC3)c12. The number of nitrogens with zero attached hydrogens (tertiary/aromatic N) is 4. The van der Waals surface area contributed by atoms with E-state index in [4.69, 9.17) is 14.6 Å². The first-order valence-corrected chi connectivity index (χ1v) is 18.1. The molecule has 0 atom stereocenters. The molecule has 13 nitrogen and oxygen atoms in total. The highest BCUT2D eigenvalue weighted by molar-refractivity contribution is 7.13. The Morgan fingerprint density at radius 2 is 1.71 bits per heavy atom. The molecule has 0 saturated carbocycles. The molecular weight excluding hydrogens is 673 g/mol. The number of hydrogen-bond acceptors (Lipinski definition) is 10. The Bertz CT molecular complexity index is 1860. The summed E-state index contributed by atoms with van der Waals surface area (Å²) >= 11 is 1.20. The number of fused-ring (bicyclic) bond motifs is 1. The van der Waals surface area contributed by atoms with Gasteiger partial charge in [0.25, 0.3) is 23.5 Å². The number of aliphatic hydroxyl groups is 1. The number of carbonyl (C=O) groups is 4. The fourth-order valence-corrected chi connectivity index (χ4v) is 6.81. The van der Waals surface area contributed by atoms with Crippen molar-refractivity contribution in [2.45, 2.75) is 65.1 Å². The van der Waals surface area contributed by atoms with Crippen molar-refractivity contribution in [1.29, 1.82) is 0 Å². The molecule has 272 valence electrons. The van der Waals surface area contributed by atoms with Crippen LogP contribution in [0, 0.1) is 0 Å². The Balaban J connectivity index is 1.41. The molecule has 14 heteroatoms. The van der Waals surface area contributed by atoms with Crippen molar-refractivity contribution in [3.63, 3.8) is 0 Å². The first-order valence-electron chi connectivity index (χ1n) is 17.2. The van der Waals surface area contributed by atoms with Crippen LogP contribution in [0.4, 0.5) is 0 Å². The van der Waals surface area contributed by atoms with Crippen LogP contribution < -0.4 is 10.1 Å². The molecule has 4 aromatic rings. The van der Waals surface area contributed by atoms with E-state index in [-0.39, 0.29) is 49.0 Å². The van der Waals surface area contributed by atoms with Crippen molar-refractivity contribution >= 4 is 45.7 Å². The van der Waals surface area contributed by atoms with Gasteiger partial charge in [-0.2, -0.15) is 0 Å². The number of aromatic amines is 1. The highest BCUT2D eigenvalue weighted by atomic mass is 32.1. The molecule has 5 rings (SSSR count). The lowest BCUT2D eigenvalue weighted by Crippen LogP contribution is -2.52. The van der Waals surface area contributed by atoms with Gasteiger partial charge in [0.2, 0.25) is 0 Å². The Morgan fingerprint density at radius 1 is 1.00 bits per heavy atom. The summed E-state index contributed by atoms with van der Waals surface area (Å²) in [6, 6.07) is 8.96. The number of H-pyrrole nitrogens is 1. The summed E-state index contributed by atoms with van der Waals surface area (Å²) in [5.41, 5.74) is 0.644. The van der Waals surface area contributed by atoms with E-state index in [1.165, 1.54) is 28.6 Å². The third-order valence-electron chi connectivity index (χ3n) is 8.76. The van der Waals surface area contributed by atoms with Gasteiger partial charge in [-0.25, -0.2) is 9.97 Å². The predicted molar refractivity (Wildman–Crippen MR) is 194 cm³/mol. The zero-order chi connectivity index (χ0) is 36.8. The molecule has 51 heavy (non-hydrogen) atoms. The van der Waals surface area contributed by atoms with E-state index in [0.717, 1.165) is 12.8 Å². The van der Waals surface area contributed by atoms with Crippen molar-refractivity contribution in [3.8, 4) is 16.5 Å². The zero-order valence-electron chi connectivity index (χ0n) is 29.8. The Kier molecular flexibility index (Phi) is 11.9. The predicted octanol–water partition coefficient (Wildman–Crippen LogP) is 4.72. The van der Waals surface area contributed by atoms with Gasteiger partial charge in [-0.3, -0.25) is 19.2 Å². The number of carbonyl (C=O) groups excluding carboxylic acids is 4. The Hall–Kier alpha value is -4.66. The van der Waals surface area contributed by atoms with Crippen LogP contribution in [0.1, 0.15) is 85.1 Å². The van der Waals surface area contributed by atoms with Crippen molar-refractivity contribution in [1.82, 2.24) is 30.1 Å². The number of aromatic nitrogens is 3. The molecule has 0 aliphatic carbocycles. The molecule has 3 N–H and O–H groups in total. The maximum Gasteiger partial charge on any atom is 0.295 e. The van der Waals surface area contributed by atoms with Crippen LogP contribution in [0.3, 0.4) is 0 Å². The molecule has 3 amide bonds. The normalized spacial score (nSPS) is 13.8. The molecule has 0 spiro atoms. The number of ketones is 1. The average Bonchev–Trinajstić information content (AvgIpc) is 3.79. The van der Waals surface area contributed by atoms with Gasteiger partial charge < -0.3 is 34.7 Å². The lowest BCUT2D eigenvalue weighted by atomic mass is 10.0. The number of pyridine rings is 1. The van der Waals surface area contributed by atoms with Crippen LogP contribution in [0.5, 0.6) is 5.75 Å². The van der Waals surface area contributed by atoms with Crippen LogP contribution in [0.25, 0.3) is 21.6 Å². The molecule has 1 aromatic carbocycles. The summed E-state index contributed by atoms with van der Waals surface area (Å²) in [5, 5.41) is 14.0. The van der Waals surface area contributed by atoms with Gasteiger partial charge in [0.05, 0.1) is 41.5 Å². The second kappa shape index (κ2) is 16.1. The largest absolute Gasteiger partial charge is 0.485 e. The van der Waals surface area contributed by atoms with Gasteiger partial charge in [0.1, 0.15) is 27.7 Å². The van der Waals surface area contributed by atoms with Crippen molar-refractivity contribution in [2.24, 2.45) is 0 Å². The molecule has 1 saturated heterocycles. The van der Waals surface area contributed by atoms with Crippen molar-refractivity contribution in [3.05, 3.63) is 64.9 Å². The topological polar surface area (TPSA) is 167 Å². The summed E-state index contributed by atoms with van der Waals surface area (Å²) < 4.78 is 12.7. The van der Waals surface area contributed by atoms with E-state index in [9.17, 15) is 19.2 Å². The van der Waals surface area contributed by atoms with Crippen LogP contribution >= 0.6 is 11.3 Å². The third kappa shape index (κ3) is 8.99. The second-order valence-corrected chi connectivity index (χ2v) is 14.5. The van der Waals surface area contributed by atoms with E-state index in [1.54, 1.807) is 34.5 Å². The summed E-state index contributed by atoms with van der Waals surface area (Å²) in [5.74, 6) is -1.66. The van der Waals surface area contributed by atoms with E-state index < -0.39 is 23.2 Å². The number of piperazine rings is 1. The number of hydrogen-bond donors (Lipinski definition) is 3. The Morgan fingerprint density at radius 3 is 2.39 bits per heavy atom. The number of thiazole rings is 1. The zero-order valence-corrected chi connectivity index (χ0v) is 30.6. The lowest BCUT2D eigenvalue weighted by Gasteiger charge is -2.34. The van der Waals surface area contributed by atoms with Crippen LogP contribution in [-0.4, -0.2) is 111 Å². The summed E-state index contributed by atoms with van der Waals surface area (Å²) in [7, 11) is 0. The third-order valence-corrected chi connectivity index (χ3v) is 9.61. The summed E-state index contributed by atoms with van der Waals surface area (Å²) in [6.07, 6.45) is 5.45. The second-order valence-electron chi connectivity index (χ2n) is 13.7.